The second kappa shape index (κ2) is 2.98. The summed E-state index contributed by atoms with van der Waals surface area (Å²) >= 11 is 0. The van der Waals surface area contributed by atoms with Crippen LogP contribution < -0.4 is 0 Å². The molecule has 14 heavy (non-hydrogen) atoms. The van der Waals surface area contributed by atoms with Crippen LogP contribution in [0.5, 0.6) is 0 Å². The van der Waals surface area contributed by atoms with E-state index in [0.29, 0.717) is 0 Å². The quantitative estimate of drug-likeness (QED) is 0.582. The van der Waals surface area contributed by atoms with Crippen molar-refractivity contribution >= 4 is 0 Å². The SMILES string of the molecule is c1ccc2c(c1)CCc1ccccc1-2. The number of hydrogen-bond acceptors (Lipinski definition) is 0. The maximum absolute atomic E-state index is 2.24. The molecule has 0 fully saturated rings. The van der Waals surface area contributed by atoms with E-state index >= 15 is 0 Å². The van der Waals surface area contributed by atoms with Crippen LogP contribution in [0.15, 0.2) is 48.5 Å². The third-order valence-corrected chi connectivity index (χ3v) is 2.99. The van der Waals surface area contributed by atoms with E-state index in [1.807, 2.05) is 0 Å². The molecule has 2 aromatic carbocycles. The van der Waals surface area contributed by atoms with Crippen molar-refractivity contribution in [3.63, 3.8) is 0 Å². The Bertz CT molecular complexity index is 423. The average Bonchev–Trinajstić information content (AvgIpc) is 2.29. The molecule has 0 saturated carbocycles. The number of rotatable bonds is 0. The maximum atomic E-state index is 2.24. The van der Waals surface area contributed by atoms with Gasteiger partial charge < -0.3 is 0 Å². The van der Waals surface area contributed by atoms with Crippen molar-refractivity contribution in [2.45, 2.75) is 12.8 Å². The Balaban J connectivity index is 2.29. The second-order valence-electron chi connectivity index (χ2n) is 3.81. The van der Waals surface area contributed by atoms with E-state index in [9.17, 15) is 0 Å². The highest BCUT2D eigenvalue weighted by molar-refractivity contribution is 5.72. The fraction of sp³-hybridized carbons (Fsp3) is 0.143. The Labute approximate surface area is 84.2 Å². The van der Waals surface area contributed by atoms with Gasteiger partial charge in [-0.3, -0.25) is 0 Å². The summed E-state index contributed by atoms with van der Waals surface area (Å²) in [6.45, 7) is 0. The normalized spacial score (nSPS) is 13.1. The Hall–Kier alpha value is -1.56. The molecule has 0 aromatic heterocycles. The molecule has 0 unspecified atom stereocenters. The van der Waals surface area contributed by atoms with Crippen LogP contribution in [0.1, 0.15) is 11.1 Å². The molecular weight excluding hydrogens is 168 g/mol. The number of aryl methyl sites for hydroxylation is 2. The number of benzene rings is 2. The fourth-order valence-corrected chi connectivity index (χ4v) is 2.27. The van der Waals surface area contributed by atoms with Gasteiger partial charge in [0.2, 0.25) is 0 Å². The second-order valence-corrected chi connectivity index (χ2v) is 3.81. The van der Waals surface area contributed by atoms with Crippen molar-refractivity contribution in [2.24, 2.45) is 0 Å². The minimum absolute atomic E-state index is 1.19. The van der Waals surface area contributed by atoms with E-state index in [4.69, 9.17) is 0 Å². The molecule has 0 saturated heterocycles. The van der Waals surface area contributed by atoms with Crippen LogP contribution in [-0.2, 0) is 12.8 Å². The summed E-state index contributed by atoms with van der Waals surface area (Å²) in [4.78, 5) is 0. The first-order valence-electron chi connectivity index (χ1n) is 5.11. The van der Waals surface area contributed by atoms with E-state index < -0.39 is 0 Å². The van der Waals surface area contributed by atoms with Crippen LogP contribution >= 0.6 is 0 Å². The van der Waals surface area contributed by atoms with Gasteiger partial charge in [0.15, 0.2) is 0 Å². The molecule has 0 amide bonds. The molecule has 0 bridgehead atoms. The van der Waals surface area contributed by atoms with Crippen LogP contribution in [0.4, 0.5) is 0 Å². The van der Waals surface area contributed by atoms with Crippen LogP contribution in [0.25, 0.3) is 11.1 Å². The predicted octanol–water partition coefficient (Wildman–Crippen LogP) is 3.45. The fourth-order valence-electron chi connectivity index (χ4n) is 2.27. The standard InChI is InChI=1S/C14H12/c1-3-7-13-11(5-1)9-10-12-6-2-4-8-14(12)13/h1-8H,9-10H2. The first-order valence-corrected chi connectivity index (χ1v) is 5.11. The molecule has 1 aliphatic carbocycles. The van der Waals surface area contributed by atoms with Crippen LogP contribution in [0.2, 0.25) is 0 Å². The summed E-state index contributed by atoms with van der Waals surface area (Å²) in [6, 6.07) is 17.5. The van der Waals surface area contributed by atoms with Crippen molar-refractivity contribution in [1.82, 2.24) is 0 Å². The van der Waals surface area contributed by atoms with E-state index in [0.717, 1.165) is 0 Å². The van der Waals surface area contributed by atoms with E-state index in [1.165, 1.54) is 35.1 Å². The zero-order valence-corrected chi connectivity index (χ0v) is 8.03. The lowest BCUT2D eigenvalue weighted by molar-refractivity contribution is 0.942. The zero-order valence-electron chi connectivity index (χ0n) is 8.03. The molecule has 0 heteroatoms. The van der Waals surface area contributed by atoms with Crippen molar-refractivity contribution in [1.29, 1.82) is 0 Å². The highest BCUT2D eigenvalue weighted by Gasteiger charge is 2.13. The lowest BCUT2D eigenvalue weighted by atomic mass is 9.86. The largest absolute Gasteiger partial charge is 0.0620 e. The van der Waals surface area contributed by atoms with Crippen LogP contribution in [-0.4, -0.2) is 0 Å². The summed E-state index contributed by atoms with van der Waals surface area (Å²) in [6.07, 6.45) is 2.38. The molecule has 0 heterocycles. The van der Waals surface area contributed by atoms with Gasteiger partial charge in [0.1, 0.15) is 0 Å². The molecule has 0 spiro atoms. The zero-order chi connectivity index (χ0) is 9.38. The molecule has 1 aliphatic rings. The number of hydrogen-bond donors (Lipinski definition) is 0. The van der Waals surface area contributed by atoms with Gasteiger partial charge in [-0.25, -0.2) is 0 Å². The van der Waals surface area contributed by atoms with Gasteiger partial charge in [0.05, 0.1) is 0 Å². The lowest BCUT2D eigenvalue weighted by Crippen LogP contribution is -2.02. The van der Waals surface area contributed by atoms with E-state index in [-0.39, 0.29) is 0 Å². The van der Waals surface area contributed by atoms with Crippen LogP contribution in [0.3, 0.4) is 0 Å². The van der Waals surface area contributed by atoms with E-state index in [2.05, 4.69) is 48.5 Å². The number of fused-ring (bicyclic) bond motifs is 3. The Morgan fingerprint density at radius 1 is 0.571 bits per heavy atom. The highest BCUT2D eigenvalue weighted by Crippen LogP contribution is 2.32. The first kappa shape index (κ1) is 7.81. The topological polar surface area (TPSA) is 0 Å². The molecule has 0 atom stereocenters. The minimum atomic E-state index is 1.19. The molecule has 3 rings (SSSR count). The minimum Gasteiger partial charge on any atom is -0.0620 e. The molecule has 0 radical (unpaired) electrons. The smallest absolute Gasteiger partial charge is 0.0149 e. The van der Waals surface area contributed by atoms with Gasteiger partial charge in [-0.15, -0.1) is 0 Å². The third-order valence-electron chi connectivity index (χ3n) is 2.99. The van der Waals surface area contributed by atoms with Gasteiger partial charge >= 0.3 is 0 Å². The highest BCUT2D eigenvalue weighted by atomic mass is 14.2. The van der Waals surface area contributed by atoms with E-state index in [1.54, 1.807) is 0 Å². The Kier molecular flexibility index (Phi) is 1.66. The van der Waals surface area contributed by atoms with Crippen molar-refractivity contribution < 1.29 is 0 Å². The molecule has 2 aromatic rings. The van der Waals surface area contributed by atoms with Gasteiger partial charge in [0.25, 0.3) is 0 Å². The predicted molar refractivity (Wildman–Crippen MR) is 59.3 cm³/mol. The summed E-state index contributed by atoms with van der Waals surface area (Å²) in [5.41, 5.74) is 5.83. The molecular formula is C14H12. The maximum Gasteiger partial charge on any atom is -0.0149 e. The molecule has 0 N–H and O–H groups in total. The Morgan fingerprint density at radius 2 is 1.00 bits per heavy atom. The first-order chi connectivity index (χ1) is 6.95. The summed E-state index contributed by atoms with van der Waals surface area (Å²) < 4.78 is 0. The van der Waals surface area contributed by atoms with Gasteiger partial charge in [-0.05, 0) is 35.1 Å². The summed E-state index contributed by atoms with van der Waals surface area (Å²) in [7, 11) is 0. The van der Waals surface area contributed by atoms with Crippen LogP contribution in [0, 0.1) is 0 Å². The summed E-state index contributed by atoms with van der Waals surface area (Å²) in [5.74, 6) is 0. The summed E-state index contributed by atoms with van der Waals surface area (Å²) in [5, 5.41) is 0. The Morgan fingerprint density at radius 3 is 1.50 bits per heavy atom. The molecule has 68 valence electrons. The van der Waals surface area contributed by atoms with Crippen molar-refractivity contribution in [3.05, 3.63) is 59.7 Å². The molecule has 0 nitrogen and oxygen atoms in total. The van der Waals surface area contributed by atoms with Gasteiger partial charge in [0, 0.05) is 0 Å². The van der Waals surface area contributed by atoms with Crippen molar-refractivity contribution in [3.8, 4) is 11.1 Å². The third kappa shape index (κ3) is 1.07. The van der Waals surface area contributed by atoms with Gasteiger partial charge in [-0.2, -0.15) is 0 Å². The lowest BCUT2D eigenvalue weighted by Gasteiger charge is -2.19. The van der Waals surface area contributed by atoms with Gasteiger partial charge in [-0.1, -0.05) is 48.5 Å². The molecule has 0 aliphatic heterocycles. The monoisotopic (exact) mass is 180 g/mol. The average molecular weight is 180 g/mol. The van der Waals surface area contributed by atoms with Crippen molar-refractivity contribution in [2.75, 3.05) is 0 Å².